The number of alkyl halides is 3. The minimum Gasteiger partial charge on any atom is -0.299 e. The first-order chi connectivity index (χ1) is 7.46. The lowest BCUT2D eigenvalue weighted by molar-refractivity contribution is -0.138. The summed E-state index contributed by atoms with van der Waals surface area (Å²) in [5.41, 5.74) is 0. The summed E-state index contributed by atoms with van der Waals surface area (Å²) in [4.78, 5) is 11.8. The van der Waals surface area contributed by atoms with Gasteiger partial charge in [-0.1, -0.05) is 6.42 Å². The molecule has 3 unspecified atom stereocenters. The van der Waals surface area contributed by atoms with Crippen LogP contribution in [0, 0.1) is 17.8 Å². The molecule has 2 aliphatic carbocycles. The molecular formula is C12H17F3O. The molecule has 0 saturated heterocycles. The van der Waals surface area contributed by atoms with E-state index in [0.717, 1.165) is 19.3 Å². The average molecular weight is 234 g/mol. The third-order valence-corrected chi connectivity index (χ3v) is 4.04. The van der Waals surface area contributed by atoms with E-state index in [1.54, 1.807) is 0 Å². The molecule has 2 saturated carbocycles. The minimum absolute atomic E-state index is 0.0315. The summed E-state index contributed by atoms with van der Waals surface area (Å²) in [5, 5.41) is 0. The molecule has 0 spiro atoms. The molecule has 3 atom stereocenters. The van der Waals surface area contributed by atoms with Crippen LogP contribution in [0.5, 0.6) is 0 Å². The highest BCUT2D eigenvalue weighted by molar-refractivity contribution is 5.81. The van der Waals surface area contributed by atoms with E-state index in [0.29, 0.717) is 11.8 Å². The van der Waals surface area contributed by atoms with Gasteiger partial charge in [0.1, 0.15) is 5.78 Å². The maximum absolute atomic E-state index is 11.9. The fourth-order valence-corrected chi connectivity index (χ4v) is 3.29. The summed E-state index contributed by atoms with van der Waals surface area (Å²) in [7, 11) is 0. The number of hydrogen-bond donors (Lipinski definition) is 0. The first-order valence-electron chi connectivity index (χ1n) is 6.05. The van der Waals surface area contributed by atoms with Crippen molar-refractivity contribution >= 4 is 5.78 Å². The lowest BCUT2D eigenvalue weighted by atomic mass is 9.84. The van der Waals surface area contributed by atoms with Crippen LogP contribution in [-0.2, 0) is 4.79 Å². The molecule has 0 heterocycles. The van der Waals surface area contributed by atoms with Crippen LogP contribution < -0.4 is 0 Å². The first kappa shape index (κ1) is 11.9. The molecule has 16 heavy (non-hydrogen) atoms. The Morgan fingerprint density at radius 1 is 1.19 bits per heavy atom. The molecule has 0 aliphatic heterocycles. The zero-order chi connectivity index (χ0) is 11.8. The van der Waals surface area contributed by atoms with E-state index >= 15 is 0 Å². The Hall–Kier alpha value is -0.540. The van der Waals surface area contributed by atoms with Gasteiger partial charge in [0.2, 0.25) is 0 Å². The summed E-state index contributed by atoms with van der Waals surface area (Å²) in [5.74, 6) is 1.34. The van der Waals surface area contributed by atoms with E-state index in [9.17, 15) is 18.0 Å². The van der Waals surface area contributed by atoms with Crippen LogP contribution in [-0.4, -0.2) is 12.0 Å². The van der Waals surface area contributed by atoms with E-state index in [1.165, 1.54) is 6.42 Å². The Labute approximate surface area is 93.4 Å². The third kappa shape index (κ3) is 2.77. The smallest absolute Gasteiger partial charge is 0.299 e. The normalized spacial score (nSPS) is 33.3. The van der Waals surface area contributed by atoms with Gasteiger partial charge in [-0.05, 0) is 37.5 Å². The number of hydrogen-bond acceptors (Lipinski definition) is 1. The first-order valence-corrected chi connectivity index (χ1v) is 6.05. The predicted octanol–water partition coefficient (Wildman–Crippen LogP) is 3.72. The highest BCUT2D eigenvalue weighted by Crippen LogP contribution is 2.49. The van der Waals surface area contributed by atoms with Gasteiger partial charge in [0.05, 0.1) is 0 Å². The van der Waals surface area contributed by atoms with Crippen molar-refractivity contribution in [1.82, 2.24) is 0 Å². The number of carbonyl (C=O) groups excluding carboxylic acids is 1. The van der Waals surface area contributed by atoms with Gasteiger partial charge < -0.3 is 0 Å². The predicted molar refractivity (Wildman–Crippen MR) is 53.9 cm³/mol. The second-order valence-electron chi connectivity index (χ2n) is 5.22. The molecule has 2 aliphatic rings. The number of fused-ring (bicyclic) bond motifs is 2. The molecular weight excluding hydrogens is 217 g/mol. The van der Waals surface area contributed by atoms with Crippen LogP contribution in [0.15, 0.2) is 0 Å². The van der Waals surface area contributed by atoms with Crippen molar-refractivity contribution in [3.63, 3.8) is 0 Å². The van der Waals surface area contributed by atoms with Gasteiger partial charge in [-0.25, -0.2) is 0 Å². The number of halogens is 3. The Kier molecular flexibility index (Phi) is 3.27. The largest absolute Gasteiger partial charge is 0.389 e. The zero-order valence-electron chi connectivity index (χ0n) is 9.22. The number of carbonyl (C=O) groups is 1. The highest BCUT2D eigenvalue weighted by Gasteiger charge is 2.42. The van der Waals surface area contributed by atoms with Crippen molar-refractivity contribution in [2.45, 2.75) is 51.1 Å². The Morgan fingerprint density at radius 3 is 2.44 bits per heavy atom. The molecule has 0 aromatic rings. The van der Waals surface area contributed by atoms with Crippen LogP contribution in [0.2, 0.25) is 0 Å². The second-order valence-corrected chi connectivity index (χ2v) is 5.22. The van der Waals surface area contributed by atoms with Crippen LogP contribution in [0.1, 0.15) is 44.9 Å². The summed E-state index contributed by atoms with van der Waals surface area (Å²) in [6.07, 6.45) is -0.444. The third-order valence-electron chi connectivity index (χ3n) is 4.04. The van der Waals surface area contributed by atoms with Gasteiger partial charge in [-0.15, -0.1) is 0 Å². The van der Waals surface area contributed by atoms with E-state index < -0.39 is 12.6 Å². The van der Waals surface area contributed by atoms with Gasteiger partial charge in [-0.3, -0.25) is 4.79 Å². The van der Waals surface area contributed by atoms with Crippen LogP contribution in [0.25, 0.3) is 0 Å². The molecule has 0 aromatic heterocycles. The van der Waals surface area contributed by atoms with E-state index in [1.807, 2.05) is 0 Å². The van der Waals surface area contributed by atoms with Crippen LogP contribution in [0.3, 0.4) is 0 Å². The molecule has 0 aromatic carbocycles. The summed E-state index contributed by atoms with van der Waals surface area (Å²) >= 11 is 0. The van der Waals surface area contributed by atoms with Crippen molar-refractivity contribution in [2.75, 3.05) is 0 Å². The quantitative estimate of drug-likeness (QED) is 0.724. The molecule has 2 fully saturated rings. The van der Waals surface area contributed by atoms with Crippen molar-refractivity contribution < 1.29 is 18.0 Å². The topological polar surface area (TPSA) is 17.1 Å². The van der Waals surface area contributed by atoms with Crippen molar-refractivity contribution in [1.29, 1.82) is 0 Å². The number of ketones is 1. The van der Waals surface area contributed by atoms with Crippen molar-refractivity contribution in [3.05, 3.63) is 0 Å². The Morgan fingerprint density at radius 2 is 1.94 bits per heavy atom. The maximum atomic E-state index is 11.9. The summed E-state index contributed by atoms with van der Waals surface area (Å²) < 4.78 is 35.8. The fraction of sp³-hybridized carbons (Fsp3) is 0.917. The van der Waals surface area contributed by atoms with Gasteiger partial charge in [0.25, 0.3) is 0 Å². The number of Topliss-reactive ketones (excluding diaryl/α,β-unsaturated/α-hetero) is 1. The molecule has 1 nitrogen and oxygen atoms in total. The molecule has 92 valence electrons. The molecule has 4 heteroatoms. The lowest BCUT2D eigenvalue weighted by Crippen LogP contribution is -2.21. The maximum Gasteiger partial charge on any atom is 0.389 e. The van der Waals surface area contributed by atoms with Crippen molar-refractivity contribution in [3.8, 4) is 0 Å². The summed E-state index contributed by atoms with van der Waals surface area (Å²) in [6.45, 7) is 0. The standard InChI is InChI=1S/C12H17F3O/c13-12(14,15)5-1-2-11(16)10-7-8-3-4-9(10)6-8/h8-10H,1-7H2. The average Bonchev–Trinajstić information content (AvgIpc) is 2.76. The molecule has 2 bridgehead atoms. The molecule has 0 N–H and O–H groups in total. The minimum atomic E-state index is -4.12. The van der Waals surface area contributed by atoms with Crippen molar-refractivity contribution in [2.24, 2.45) is 17.8 Å². The SMILES string of the molecule is O=C(CCCC(F)(F)F)C1CC2CCC1C2. The summed E-state index contributed by atoms with van der Waals surface area (Å²) in [6, 6.07) is 0. The second kappa shape index (κ2) is 4.38. The van der Waals surface area contributed by atoms with Crippen LogP contribution >= 0.6 is 0 Å². The monoisotopic (exact) mass is 234 g/mol. The number of rotatable bonds is 4. The highest BCUT2D eigenvalue weighted by atomic mass is 19.4. The lowest BCUT2D eigenvalue weighted by Gasteiger charge is -2.20. The van der Waals surface area contributed by atoms with E-state index in [-0.39, 0.29) is 24.5 Å². The fourth-order valence-electron chi connectivity index (χ4n) is 3.29. The van der Waals surface area contributed by atoms with Gasteiger partial charge >= 0.3 is 6.18 Å². The Balaban J connectivity index is 1.73. The zero-order valence-corrected chi connectivity index (χ0v) is 9.22. The van der Waals surface area contributed by atoms with Gasteiger partial charge in [0.15, 0.2) is 0 Å². The van der Waals surface area contributed by atoms with Gasteiger partial charge in [-0.2, -0.15) is 13.2 Å². The molecule has 0 radical (unpaired) electrons. The molecule has 2 rings (SSSR count). The van der Waals surface area contributed by atoms with E-state index in [4.69, 9.17) is 0 Å². The Bertz CT molecular complexity index is 272. The molecule has 0 amide bonds. The van der Waals surface area contributed by atoms with Gasteiger partial charge in [0, 0.05) is 18.8 Å². The van der Waals surface area contributed by atoms with Crippen LogP contribution in [0.4, 0.5) is 13.2 Å². The van der Waals surface area contributed by atoms with E-state index in [2.05, 4.69) is 0 Å².